The van der Waals surface area contributed by atoms with Crippen LogP contribution in [-0.4, -0.2) is 36.1 Å². The Morgan fingerprint density at radius 2 is 2.06 bits per heavy atom. The minimum absolute atomic E-state index is 0.232. The highest BCUT2D eigenvalue weighted by Gasteiger charge is 2.35. The van der Waals surface area contributed by atoms with Crippen LogP contribution in [0.1, 0.15) is 25.7 Å². The number of nitrogens with zero attached hydrogens (tertiary/aromatic N) is 2. The molecule has 94 valence electrons. The molecule has 4 heteroatoms. The molecule has 1 fully saturated rings. The maximum atomic E-state index is 12.7. The summed E-state index contributed by atoms with van der Waals surface area (Å²) in [6, 6.07) is 3.12. The molecule has 1 heterocycles. The lowest BCUT2D eigenvalue weighted by atomic mass is 9.96. The van der Waals surface area contributed by atoms with E-state index in [4.69, 9.17) is 0 Å². The minimum Gasteiger partial charge on any atom is -0.368 e. The zero-order chi connectivity index (χ0) is 12.3. The first-order valence-corrected chi connectivity index (χ1v) is 6.15. The van der Waals surface area contributed by atoms with Crippen LogP contribution in [-0.2, 0) is 0 Å². The molecule has 0 atom stereocenters. The number of hydrogen-bond donors (Lipinski definition) is 1. The number of likely N-dealkylation sites (N-methyl/N-ethyl adjacent to an activating group) is 1. The molecule has 0 aromatic carbocycles. The van der Waals surface area contributed by atoms with Gasteiger partial charge in [0.1, 0.15) is 11.6 Å². The zero-order valence-electron chi connectivity index (χ0n) is 10.5. The molecule has 0 bridgehead atoms. The van der Waals surface area contributed by atoms with Crippen molar-refractivity contribution in [3.05, 3.63) is 24.1 Å². The summed E-state index contributed by atoms with van der Waals surface area (Å²) < 4.78 is 12.7. The van der Waals surface area contributed by atoms with Crippen LogP contribution in [0.2, 0.25) is 0 Å². The number of pyridine rings is 1. The largest absolute Gasteiger partial charge is 0.368 e. The lowest BCUT2D eigenvalue weighted by Crippen LogP contribution is -2.47. The molecule has 1 aromatic heterocycles. The summed E-state index contributed by atoms with van der Waals surface area (Å²) in [7, 11) is 4.26. The molecule has 1 aliphatic rings. The quantitative estimate of drug-likeness (QED) is 0.872. The van der Waals surface area contributed by atoms with Crippen LogP contribution < -0.4 is 5.32 Å². The molecule has 0 spiro atoms. The number of halogens is 1. The summed E-state index contributed by atoms with van der Waals surface area (Å²) in [5, 5.41) is 3.32. The van der Waals surface area contributed by atoms with Crippen molar-refractivity contribution < 1.29 is 4.39 Å². The fourth-order valence-corrected chi connectivity index (χ4v) is 2.55. The maximum absolute atomic E-state index is 12.7. The second-order valence-electron chi connectivity index (χ2n) is 5.04. The molecule has 0 aliphatic heterocycles. The fraction of sp³-hybridized carbons (Fsp3) is 0.615. The maximum Gasteiger partial charge on any atom is 0.141 e. The predicted octanol–water partition coefficient (Wildman–Crippen LogP) is 2.51. The molecule has 3 nitrogen and oxygen atoms in total. The van der Waals surface area contributed by atoms with Gasteiger partial charge in [-0.2, -0.15) is 0 Å². The first-order chi connectivity index (χ1) is 8.12. The summed E-state index contributed by atoms with van der Waals surface area (Å²) in [4.78, 5) is 6.33. The Morgan fingerprint density at radius 3 is 2.59 bits per heavy atom. The van der Waals surface area contributed by atoms with Gasteiger partial charge in [-0.25, -0.2) is 9.37 Å². The Bertz CT molecular complexity index is 355. The number of anilines is 1. The zero-order valence-corrected chi connectivity index (χ0v) is 10.5. The van der Waals surface area contributed by atoms with E-state index in [0.29, 0.717) is 0 Å². The van der Waals surface area contributed by atoms with E-state index in [-0.39, 0.29) is 11.4 Å². The van der Waals surface area contributed by atoms with Crippen LogP contribution >= 0.6 is 0 Å². The van der Waals surface area contributed by atoms with Crippen molar-refractivity contribution >= 4 is 5.82 Å². The molecule has 1 aliphatic carbocycles. The average molecular weight is 237 g/mol. The number of aromatic nitrogens is 1. The van der Waals surface area contributed by atoms with Gasteiger partial charge in [-0.3, -0.25) is 0 Å². The first kappa shape index (κ1) is 12.3. The first-order valence-electron chi connectivity index (χ1n) is 6.15. The molecule has 0 amide bonds. The SMILES string of the molecule is CN(C)C1(CNc2ccc(F)cn2)CCCC1. The predicted molar refractivity (Wildman–Crippen MR) is 67.6 cm³/mol. The van der Waals surface area contributed by atoms with Crippen LogP contribution in [0.4, 0.5) is 10.2 Å². The molecule has 0 radical (unpaired) electrons. The second kappa shape index (κ2) is 5.00. The van der Waals surface area contributed by atoms with Crippen molar-refractivity contribution in [3.63, 3.8) is 0 Å². The summed E-state index contributed by atoms with van der Waals surface area (Å²) in [5.74, 6) is 0.457. The van der Waals surface area contributed by atoms with E-state index in [0.717, 1.165) is 12.4 Å². The summed E-state index contributed by atoms with van der Waals surface area (Å²) in [5.41, 5.74) is 0.232. The van der Waals surface area contributed by atoms with Gasteiger partial charge in [0.05, 0.1) is 6.20 Å². The topological polar surface area (TPSA) is 28.2 Å². The van der Waals surface area contributed by atoms with Crippen LogP contribution in [0, 0.1) is 5.82 Å². The third-order valence-corrected chi connectivity index (χ3v) is 3.81. The summed E-state index contributed by atoms with van der Waals surface area (Å²) >= 11 is 0. The van der Waals surface area contributed by atoms with Gasteiger partial charge in [0.2, 0.25) is 0 Å². The molecule has 17 heavy (non-hydrogen) atoms. The average Bonchev–Trinajstić information content (AvgIpc) is 2.78. The second-order valence-corrected chi connectivity index (χ2v) is 5.04. The Balaban J connectivity index is 1.98. The van der Waals surface area contributed by atoms with Crippen molar-refractivity contribution in [3.8, 4) is 0 Å². The number of nitrogens with one attached hydrogen (secondary N) is 1. The Morgan fingerprint density at radius 1 is 1.35 bits per heavy atom. The van der Waals surface area contributed by atoms with Gasteiger partial charge < -0.3 is 10.2 Å². The third kappa shape index (κ3) is 2.75. The molecule has 1 saturated carbocycles. The molecule has 0 saturated heterocycles. The fourth-order valence-electron chi connectivity index (χ4n) is 2.55. The highest BCUT2D eigenvalue weighted by molar-refractivity contribution is 5.34. The monoisotopic (exact) mass is 237 g/mol. The lowest BCUT2D eigenvalue weighted by molar-refractivity contribution is 0.172. The minimum atomic E-state index is -0.293. The Hall–Kier alpha value is -1.16. The summed E-state index contributed by atoms with van der Waals surface area (Å²) in [6.07, 6.45) is 6.26. The van der Waals surface area contributed by atoms with Gasteiger partial charge in [-0.05, 0) is 39.1 Å². The van der Waals surface area contributed by atoms with Crippen molar-refractivity contribution in [2.45, 2.75) is 31.2 Å². The van der Waals surface area contributed by atoms with E-state index in [9.17, 15) is 4.39 Å². The standard InChI is InChI=1S/C13H20FN3/c1-17(2)13(7-3-4-8-13)10-16-12-6-5-11(14)9-15-12/h5-6,9H,3-4,7-8,10H2,1-2H3,(H,15,16). The van der Waals surface area contributed by atoms with Gasteiger partial charge in [-0.15, -0.1) is 0 Å². The van der Waals surface area contributed by atoms with Crippen molar-refractivity contribution in [2.75, 3.05) is 26.0 Å². The van der Waals surface area contributed by atoms with Crippen LogP contribution in [0.25, 0.3) is 0 Å². The molecular formula is C13H20FN3. The van der Waals surface area contributed by atoms with Gasteiger partial charge in [-0.1, -0.05) is 12.8 Å². The lowest BCUT2D eigenvalue weighted by Gasteiger charge is -2.36. The van der Waals surface area contributed by atoms with E-state index in [1.807, 2.05) is 0 Å². The van der Waals surface area contributed by atoms with Crippen LogP contribution in [0.5, 0.6) is 0 Å². The third-order valence-electron chi connectivity index (χ3n) is 3.81. The van der Waals surface area contributed by atoms with E-state index < -0.39 is 0 Å². The highest BCUT2D eigenvalue weighted by atomic mass is 19.1. The van der Waals surface area contributed by atoms with Crippen LogP contribution in [0.15, 0.2) is 18.3 Å². The van der Waals surface area contributed by atoms with Gasteiger partial charge >= 0.3 is 0 Å². The molecule has 2 rings (SSSR count). The van der Waals surface area contributed by atoms with E-state index in [1.165, 1.54) is 37.9 Å². The van der Waals surface area contributed by atoms with E-state index in [1.54, 1.807) is 6.07 Å². The summed E-state index contributed by atoms with van der Waals surface area (Å²) in [6.45, 7) is 0.874. The van der Waals surface area contributed by atoms with E-state index in [2.05, 4.69) is 29.3 Å². The highest BCUT2D eigenvalue weighted by Crippen LogP contribution is 2.33. The number of rotatable bonds is 4. The molecule has 1 N–H and O–H groups in total. The molecular weight excluding hydrogens is 217 g/mol. The normalized spacial score (nSPS) is 18.6. The smallest absolute Gasteiger partial charge is 0.141 e. The Kier molecular flexibility index (Phi) is 3.62. The van der Waals surface area contributed by atoms with Gasteiger partial charge in [0.25, 0.3) is 0 Å². The molecule has 0 unspecified atom stereocenters. The Labute approximate surface area is 102 Å². The van der Waals surface area contributed by atoms with Crippen molar-refractivity contribution in [1.29, 1.82) is 0 Å². The van der Waals surface area contributed by atoms with Crippen molar-refractivity contribution in [1.82, 2.24) is 9.88 Å². The number of hydrogen-bond acceptors (Lipinski definition) is 3. The van der Waals surface area contributed by atoms with Gasteiger partial charge in [0, 0.05) is 12.1 Å². The molecule has 1 aromatic rings. The van der Waals surface area contributed by atoms with Crippen LogP contribution in [0.3, 0.4) is 0 Å². The van der Waals surface area contributed by atoms with Crippen molar-refractivity contribution in [2.24, 2.45) is 0 Å². The van der Waals surface area contributed by atoms with Gasteiger partial charge in [0.15, 0.2) is 0 Å². The van der Waals surface area contributed by atoms with E-state index >= 15 is 0 Å².